The molecule has 0 saturated carbocycles. The van der Waals surface area contributed by atoms with Crippen LogP contribution >= 0.6 is 0 Å². The summed E-state index contributed by atoms with van der Waals surface area (Å²) in [4.78, 5) is 0.219. The van der Waals surface area contributed by atoms with Crippen LogP contribution in [0, 0.1) is 0 Å². The Labute approximate surface area is 119 Å². The van der Waals surface area contributed by atoms with E-state index >= 15 is 0 Å². The molecule has 0 bridgehead atoms. The summed E-state index contributed by atoms with van der Waals surface area (Å²) < 4.78 is 24.7. The molecule has 2 aromatic carbocycles. The van der Waals surface area contributed by atoms with Crippen LogP contribution in [0.5, 0.6) is 0 Å². The van der Waals surface area contributed by atoms with E-state index in [4.69, 9.17) is 0 Å². The van der Waals surface area contributed by atoms with E-state index in [-0.39, 0.29) is 4.90 Å². The molecule has 0 aliphatic rings. The molecule has 0 amide bonds. The van der Waals surface area contributed by atoms with Crippen molar-refractivity contribution in [2.24, 2.45) is 0 Å². The fourth-order valence-electron chi connectivity index (χ4n) is 1.83. The second kappa shape index (κ2) is 6.50. The minimum atomic E-state index is -3.56. The Hall–Kier alpha value is -1.91. The predicted octanol–water partition coefficient (Wildman–Crippen LogP) is 2.53. The molecule has 0 aromatic heterocycles. The van der Waals surface area contributed by atoms with E-state index in [1.165, 1.54) is 18.2 Å². The van der Waals surface area contributed by atoms with Crippen LogP contribution in [0.1, 0.15) is 5.56 Å². The first-order valence-electron chi connectivity index (χ1n) is 6.27. The van der Waals surface area contributed by atoms with E-state index in [2.05, 4.69) is 0 Å². The summed E-state index contributed by atoms with van der Waals surface area (Å²) in [6.45, 7) is -0.444. The molecular formula is C16H16O3S. The SMILES string of the molecule is O=S(=O)(c1ccccc1)C(/C=C/c1ccccc1)CO. The van der Waals surface area contributed by atoms with Gasteiger partial charge in [0.2, 0.25) is 0 Å². The molecule has 104 valence electrons. The van der Waals surface area contributed by atoms with Crippen LogP contribution in [0.25, 0.3) is 6.08 Å². The molecule has 0 aliphatic carbocycles. The highest BCUT2D eigenvalue weighted by molar-refractivity contribution is 7.92. The first-order valence-corrected chi connectivity index (χ1v) is 7.82. The zero-order chi connectivity index (χ0) is 14.4. The standard InChI is InChI=1S/C16H16O3S/c17-13-16(12-11-14-7-3-1-4-8-14)20(18,19)15-9-5-2-6-10-15/h1-12,16-17H,13H2/b12-11+. The van der Waals surface area contributed by atoms with E-state index in [1.807, 2.05) is 30.3 Å². The van der Waals surface area contributed by atoms with Crippen molar-refractivity contribution >= 4 is 15.9 Å². The van der Waals surface area contributed by atoms with Gasteiger partial charge in [-0.1, -0.05) is 60.7 Å². The van der Waals surface area contributed by atoms with Crippen molar-refractivity contribution in [1.29, 1.82) is 0 Å². The average Bonchev–Trinajstić information content (AvgIpc) is 2.49. The molecule has 1 unspecified atom stereocenters. The number of aliphatic hydroxyl groups is 1. The van der Waals surface area contributed by atoms with Gasteiger partial charge < -0.3 is 5.11 Å². The molecule has 0 saturated heterocycles. The smallest absolute Gasteiger partial charge is 0.187 e. The normalized spacial score (nSPS) is 13.4. The third-order valence-electron chi connectivity index (χ3n) is 2.95. The number of aliphatic hydroxyl groups excluding tert-OH is 1. The van der Waals surface area contributed by atoms with Crippen LogP contribution in [0.15, 0.2) is 71.6 Å². The van der Waals surface area contributed by atoms with E-state index in [0.29, 0.717) is 0 Å². The molecule has 0 spiro atoms. The molecule has 1 N–H and O–H groups in total. The van der Waals surface area contributed by atoms with Crippen molar-refractivity contribution in [1.82, 2.24) is 0 Å². The van der Waals surface area contributed by atoms with Gasteiger partial charge in [-0.15, -0.1) is 0 Å². The lowest BCUT2D eigenvalue weighted by Crippen LogP contribution is -2.23. The minimum absolute atomic E-state index is 0.219. The van der Waals surface area contributed by atoms with Crippen molar-refractivity contribution in [2.45, 2.75) is 10.1 Å². The highest BCUT2D eigenvalue weighted by atomic mass is 32.2. The van der Waals surface area contributed by atoms with Gasteiger partial charge in [0.15, 0.2) is 9.84 Å². The Kier molecular flexibility index (Phi) is 4.71. The van der Waals surface area contributed by atoms with Crippen LogP contribution in [0.3, 0.4) is 0 Å². The number of rotatable bonds is 5. The van der Waals surface area contributed by atoms with Crippen LogP contribution in [0.4, 0.5) is 0 Å². The number of hydrogen-bond donors (Lipinski definition) is 1. The fourth-order valence-corrected chi connectivity index (χ4v) is 3.20. The second-order valence-corrected chi connectivity index (χ2v) is 6.52. The van der Waals surface area contributed by atoms with Gasteiger partial charge in [0.05, 0.1) is 11.5 Å². The third-order valence-corrected chi connectivity index (χ3v) is 4.99. The van der Waals surface area contributed by atoms with E-state index in [9.17, 15) is 13.5 Å². The van der Waals surface area contributed by atoms with Crippen molar-refractivity contribution in [3.63, 3.8) is 0 Å². The summed E-state index contributed by atoms with van der Waals surface area (Å²) in [6.07, 6.45) is 3.24. The molecule has 1 atom stereocenters. The second-order valence-electron chi connectivity index (χ2n) is 4.35. The summed E-state index contributed by atoms with van der Waals surface area (Å²) in [5.41, 5.74) is 0.897. The first kappa shape index (κ1) is 14.5. The van der Waals surface area contributed by atoms with Gasteiger partial charge >= 0.3 is 0 Å². The Morgan fingerprint density at radius 2 is 1.50 bits per heavy atom. The lowest BCUT2D eigenvalue weighted by atomic mass is 10.2. The van der Waals surface area contributed by atoms with Crippen molar-refractivity contribution in [3.8, 4) is 0 Å². The molecule has 3 nitrogen and oxygen atoms in total. The monoisotopic (exact) mass is 288 g/mol. The average molecular weight is 288 g/mol. The van der Waals surface area contributed by atoms with E-state index in [0.717, 1.165) is 5.56 Å². The van der Waals surface area contributed by atoms with Crippen molar-refractivity contribution in [3.05, 3.63) is 72.3 Å². The highest BCUT2D eigenvalue weighted by Gasteiger charge is 2.24. The summed E-state index contributed by atoms with van der Waals surface area (Å²) in [5.74, 6) is 0. The van der Waals surface area contributed by atoms with Crippen molar-refractivity contribution < 1.29 is 13.5 Å². The minimum Gasteiger partial charge on any atom is -0.395 e. The van der Waals surface area contributed by atoms with Gasteiger partial charge in [-0.25, -0.2) is 8.42 Å². The van der Waals surface area contributed by atoms with Crippen LogP contribution in [-0.4, -0.2) is 25.4 Å². The van der Waals surface area contributed by atoms with E-state index in [1.54, 1.807) is 24.3 Å². The zero-order valence-electron chi connectivity index (χ0n) is 10.9. The predicted molar refractivity (Wildman–Crippen MR) is 80.0 cm³/mol. The van der Waals surface area contributed by atoms with Gasteiger partial charge in [-0.05, 0) is 17.7 Å². The van der Waals surface area contributed by atoms with Gasteiger partial charge in [0.1, 0.15) is 5.25 Å². The molecule has 2 rings (SSSR count). The summed E-state index contributed by atoms with van der Waals surface area (Å²) in [7, 11) is -3.56. The maximum atomic E-state index is 12.4. The quantitative estimate of drug-likeness (QED) is 0.920. The lowest BCUT2D eigenvalue weighted by molar-refractivity contribution is 0.303. The summed E-state index contributed by atoms with van der Waals surface area (Å²) in [6, 6.07) is 17.6. The van der Waals surface area contributed by atoms with Crippen LogP contribution in [0.2, 0.25) is 0 Å². The molecule has 20 heavy (non-hydrogen) atoms. The number of sulfone groups is 1. The Bertz CT molecular complexity index is 661. The molecule has 0 fully saturated rings. The molecular weight excluding hydrogens is 272 g/mol. The molecule has 0 heterocycles. The molecule has 2 aromatic rings. The summed E-state index contributed by atoms with van der Waals surface area (Å²) in [5, 5.41) is 8.43. The van der Waals surface area contributed by atoms with Crippen LogP contribution < -0.4 is 0 Å². The maximum absolute atomic E-state index is 12.4. The number of hydrogen-bond acceptors (Lipinski definition) is 3. The Balaban J connectivity index is 2.27. The summed E-state index contributed by atoms with van der Waals surface area (Å²) >= 11 is 0. The Morgan fingerprint density at radius 1 is 0.950 bits per heavy atom. The molecule has 0 aliphatic heterocycles. The van der Waals surface area contributed by atoms with E-state index < -0.39 is 21.7 Å². The topological polar surface area (TPSA) is 54.4 Å². The zero-order valence-corrected chi connectivity index (χ0v) is 11.7. The van der Waals surface area contributed by atoms with Gasteiger partial charge in [-0.3, -0.25) is 0 Å². The molecule has 0 radical (unpaired) electrons. The fraction of sp³-hybridized carbons (Fsp3) is 0.125. The van der Waals surface area contributed by atoms with Crippen LogP contribution in [-0.2, 0) is 9.84 Å². The van der Waals surface area contributed by atoms with Gasteiger partial charge in [-0.2, -0.15) is 0 Å². The van der Waals surface area contributed by atoms with Gasteiger partial charge in [0, 0.05) is 0 Å². The molecule has 4 heteroatoms. The lowest BCUT2D eigenvalue weighted by Gasteiger charge is -2.11. The largest absolute Gasteiger partial charge is 0.395 e. The highest BCUT2D eigenvalue weighted by Crippen LogP contribution is 2.17. The number of benzene rings is 2. The first-order chi connectivity index (χ1) is 9.64. The third kappa shape index (κ3) is 3.35. The maximum Gasteiger partial charge on any atom is 0.187 e. The van der Waals surface area contributed by atoms with Gasteiger partial charge in [0.25, 0.3) is 0 Å². The Morgan fingerprint density at radius 3 is 2.05 bits per heavy atom. The van der Waals surface area contributed by atoms with Crippen molar-refractivity contribution in [2.75, 3.05) is 6.61 Å².